The van der Waals surface area contributed by atoms with Gasteiger partial charge in [0.05, 0.1) is 5.69 Å². The number of urea groups is 1. The maximum absolute atomic E-state index is 11.7. The minimum atomic E-state index is -0.401. The van der Waals surface area contributed by atoms with E-state index >= 15 is 0 Å². The Balaban J connectivity index is 0.00000324. The lowest BCUT2D eigenvalue weighted by Crippen LogP contribution is -2.39. The standard InChI is InChI=1S/C12H17BrN4O.ClH/c1-3-7-15-11(14)17-12(18)16-10-8(2)5-4-6-9(10)13;/h4-6H,3,7H2,1-2H3,(H4,14,15,16,17,18);1H. The molecule has 0 aliphatic carbocycles. The van der Waals surface area contributed by atoms with Gasteiger partial charge in [0.2, 0.25) is 0 Å². The predicted molar refractivity (Wildman–Crippen MR) is 85.1 cm³/mol. The van der Waals surface area contributed by atoms with E-state index in [0.29, 0.717) is 6.54 Å². The summed E-state index contributed by atoms with van der Waals surface area (Å²) in [5.74, 6) is 0.124. The molecule has 0 unspecified atom stereocenters. The number of hydrogen-bond donors (Lipinski definition) is 3. The second kappa shape index (κ2) is 8.77. The van der Waals surface area contributed by atoms with Crippen LogP contribution in [0.5, 0.6) is 0 Å². The van der Waals surface area contributed by atoms with Gasteiger partial charge >= 0.3 is 6.03 Å². The number of amides is 2. The number of para-hydroxylation sites is 1. The summed E-state index contributed by atoms with van der Waals surface area (Å²) >= 11 is 3.38. The number of rotatable bonds is 3. The van der Waals surface area contributed by atoms with Gasteiger partial charge < -0.3 is 11.1 Å². The summed E-state index contributed by atoms with van der Waals surface area (Å²) < 4.78 is 0.821. The van der Waals surface area contributed by atoms with Crippen LogP contribution < -0.4 is 16.4 Å². The summed E-state index contributed by atoms with van der Waals surface area (Å²) in [5, 5.41) is 5.20. The molecule has 1 rings (SSSR count). The Bertz CT molecular complexity index is 445. The molecule has 0 radical (unpaired) electrons. The van der Waals surface area contributed by atoms with Crippen LogP contribution in [0.3, 0.4) is 0 Å². The fourth-order valence-electron chi connectivity index (χ4n) is 1.32. The molecule has 2 amide bonds. The zero-order valence-corrected chi connectivity index (χ0v) is 13.3. The predicted octanol–water partition coefficient (Wildman–Crippen LogP) is 3.03. The molecule has 0 aliphatic heterocycles. The average Bonchev–Trinajstić information content (AvgIpc) is 2.31. The number of carbonyl (C=O) groups is 1. The first-order valence-electron chi connectivity index (χ1n) is 5.67. The van der Waals surface area contributed by atoms with Crippen molar-refractivity contribution in [1.82, 2.24) is 5.32 Å². The van der Waals surface area contributed by atoms with Crippen molar-refractivity contribution in [3.05, 3.63) is 28.2 Å². The fourth-order valence-corrected chi connectivity index (χ4v) is 1.89. The number of carbonyl (C=O) groups excluding carboxylic acids is 1. The highest BCUT2D eigenvalue weighted by Crippen LogP contribution is 2.25. The Morgan fingerprint density at radius 3 is 2.74 bits per heavy atom. The Morgan fingerprint density at radius 1 is 1.47 bits per heavy atom. The normalized spacial score (nSPS) is 10.6. The van der Waals surface area contributed by atoms with Gasteiger partial charge in [-0.1, -0.05) is 19.1 Å². The van der Waals surface area contributed by atoms with Crippen molar-refractivity contribution < 1.29 is 4.79 Å². The van der Waals surface area contributed by atoms with Crippen LogP contribution in [0.4, 0.5) is 10.5 Å². The minimum Gasteiger partial charge on any atom is -0.370 e. The second-order valence-corrected chi connectivity index (χ2v) is 4.63. The molecule has 0 bridgehead atoms. The average molecular weight is 350 g/mol. The van der Waals surface area contributed by atoms with Crippen LogP contribution in [0, 0.1) is 6.92 Å². The van der Waals surface area contributed by atoms with Gasteiger partial charge in [-0.2, -0.15) is 0 Å². The highest BCUT2D eigenvalue weighted by molar-refractivity contribution is 9.10. The molecule has 0 aromatic heterocycles. The SMILES string of the molecule is CCCN=C(N)NC(=O)Nc1c(C)cccc1Br.Cl. The van der Waals surface area contributed by atoms with Crippen molar-refractivity contribution in [2.45, 2.75) is 20.3 Å². The van der Waals surface area contributed by atoms with E-state index in [1.54, 1.807) is 0 Å². The van der Waals surface area contributed by atoms with Crippen molar-refractivity contribution >= 4 is 46.0 Å². The van der Waals surface area contributed by atoms with Crippen LogP contribution in [-0.2, 0) is 0 Å². The number of guanidine groups is 1. The molecule has 1 aromatic rings. The van der Waals surface area contributed by atoms with Crippen LogP contribution in [0.1, 0.15) is 18.9 Å². The highest BCUT2D eigenvalue weighted by Gasteiger charge is 2.08. The van der Waals surface area contributed by atoms with Gasteiger partial charge in [0.1, 0.15) is 0 Å². The van der Waals surface area contributed by atoms with Gasteiger partial charge in [-0.15, -0.1) is 12.4 Å². The summed E-state index contributed by atoms with van der Waals surface area (Å²) in [6, 6.07) is 5.27. The van der Waals surface area contributed by atoms with E-state index in [2.05, 4.69) is 31.6 Å². The highest BCUT2D eigenvalue weighted by atomic mass is 79.9. The summed E-state index contributed by atoms with van der Waals surface area (Å²) in [6.07, 6.45) is 0.882. The minimum absolute atomic E-state index is 0. The Morgan fingerprint density at radius 2 is 2.16 bits per heavy atom. The summed E-state index contributed by atoms with van der Waals surface area (Å²) in [7, 11) is 0. The molecule has 1 aromatic carbocycles. The molecule has 4 N–H and O–H groups in total. The van der Waals surface area contributed by atoms with Gasteiger partial charge in [0.25, 0.3) is 0 Å². The number of benzene rings is 1. The van der Waals surface area contributed by atoms with Gasteiger partial charge in [0.15, 0.2) is 5.96 Å². The molecule has 19 heavy (non-hydrogen) atoms. The third kappa shape index (κ3) is 5.94. The molecular weight excluding hydrogens is 332 g/mol. The Hall–Kier alpha value is -1.27. The van der Waals surface area contributed by atoms with Crippen molar-refractivity contribution in [3.63, 3.8) is 0 Å². The number of nitrogens with one attached hydrogen (secondary N) is 2. The summed E-state index contributed by atoms with van der Waals surface area (Å²) in [4.78, 5) is 15.7. The first-order chi connectivity index (χ1) is 8.54. The number of hydrogen-bond acceptors (Lipinski definition) is 2. The molecule has 106 valence electrons. The van der Waals surface area contributed by atoms with Gasteiger partial charge in [0, 0.05) is 11.0 Å². The van der Waals surface area contributed by atoms with Crippen LogP contribution in [0.25, 0.3) is 0 Å². The van der Waals surface area contributed by atoms with E-state index in [-0.39, 0.29) is 18.4 Å². The smallest absolute Gasteiger partial charge is 0.326 e. The maximum Gasteiger partial charge on any atom is 0.326 e. The molecule has 0 aliphatic rings. The van der Waals surface area contributed by atoms with Crippen molar-refractivity contribution in [3.8, 4) is 0 Å². The van der Waals surface area contributed by atoms with E-state index < -0.39 is 6.03 Å². The Labute approximate surface area is 127 Å². The van der Waals surface area contributed by atoms with Crippen LogP contribution in [-0.4, -0.2) is 18.5 Å². The third-order valence-electron chi connectivity index (χ3n) is 2.21. The Kier molecular flexibility index (Phi) is 8.18. The van der Waals surface area contributed by atoms with Crippen LogP contribution >= 0.6 is 28.3 Å². The summed E-state index contributed by atoms with van der Waals surface area (Å²) in [6.45, 7) is 4.50. The zero-order valence-electron chi connectivity index (χ0n) is 10.9. The molecule has 0 saturated carbocycles. The molecular formula is C12H18BrClN4O. The van der Waals surface area contributed by atoms with E-state index in [0.717, 1.165) is 22.1 Å². The van der Waals surface area contributed by atoms with E-state index in [9.17, 15) is 4.79 Å². The lowest BCUT2D eigenvalue weighted by atomic mass is 10.2. The maximum atomic E-state index is 11.7. The number of anilines is 1. The van der Waals surface area contributed by atoms with Crippen molar-refractivity contribution in [2.75, 3.05) is 11.9 Å². The van der Waals surface area contributed by atoms with Crippen molar-refractivity contribution in [1.29, 1.82) is 0 Å². The number of halogens is 2. The van der Waals surface area contributed by atoms with Gasteiger partial charge in [-0.25, -0.2) is 4.79 Å². The number of aliphatic imine (C=N–C) groups is 1. The molecule has 7 heteroatoms. The summed E-state index contributed by atoms with van der Waals surface area (Å²) in [5.41, 5.74) is 7.24. The monoisotopic (exact) mass is 348 g/mol. The van der Waals surface area contributed by atoms with Gasteiger partial charge in [-0.05, 0) is 40.9 Å². The largest absolute Gasteiger partial charge is 0.370 e. The molecule has 0 fully saturated rings. The number of nitrogens with zero attached hydrogens (tertiary/aromatic N) is 1. The van der Waals surface area contributed by atoms with Gasteiger partial charge in [-0.3, -0.25) is 10.3 Å². The van der Waals surface area contributed by atoms with Crippen LogP contribution in [0.15, 0.2) is 27.7 Å². The third-order valence-corrected chi connectivity index (χ3v) is 2.87. The second-order valence-electron chi connectivity index (χ2n) is 3.78. The number of aryl methyl sites for hydroxylation is 1. The fraction of sp³-hybridized carbons (Fsp3) is 0.333. The number of nitrogens with two attached hydrogens (primary N) is 1. The quantitative estimate of drug-likeness (QED) is 0.579. The zero-order chi connectivity index (χ0) is 13.5. The topological polar surface area (TPSA) is 79.5 Å². The van der Waals surface area contributed by atoms with E-state index in [1.807, 2.05) is 32.0 Å². The van der Waals surface area contributed by atoms with E-state index in [4.69, 9.17) is 5.73 Å². The molecule has 0 atom stereocenters. The molecule has 5 nitrogen and oxygen atoms in total. The van der Waals surface area contributed by atoms with Crippen molar-refractivity contribution in [2.24, 2.45) is 10.7 Å². The first-order valence-corrected chi connectivity index (χ1v) is 6.47. The molecule has 0 saturated heterocycles. The molecule has 0 heterocycles. The molecule has 0 spiro atoms. The first kappa shape index (κ1) is 17.7. The van der Waals surface area contributed by atoms with E-state index in [1.165, 1.54) is 0 Å². The van der Waals surface area contributed by atoms with Crippen LogP contribution in [0.2, 0.25) is 0 Å². The lowest BCUT2D eigenvalue weighted by molar-refractivity contribution is 0.256. The lowest BCUT2D eigenvalue weighted by Gasteiger charge is -2.11.